The average molecular weight is 514 g/mol. The number of carbonyl (C=O) groups excluding carboxylic acids is 3. The minimum absolute atomic E-state index is 0.231. The second kappa shape index (κ2) is 11.1. The maximum atomic E-state index is 13.9. The molecule has 2 heterocycles. The summed E-state index contributed by atoms with van der Waals surface area (Å²) in [6, 6.07) is 14.8. The van der Waals surface area contributed by atoms with Gasteiger partial charge in [0.1, 0.15) is 17.5 Å². The van der Waals surface area contributed by atoms with Gasteiger partial charge >= 0.3 is 0 Å². The quantitative estimate of drug-likeness (QED) is 0.441. The van der Waals surface area contributed by atoms with Crippen LogP contribution in [0.2, 0.25) is 0 Å². The number of nitrogens with one attached hydrogen (secondary N) is 1. The fourth-order valence-corrected chi connectivity index (χ4v) is 5.33. The van der Waals surface area contributed by atoms with Crippen molar-refractivity contribution < 1.29 is 14.4 Å². The van der Waals surface area contributed by atoms with Crippen molar-refractivity contribution in [1.82, 2.24) is 15.3 Å². The Balaban J connectivity index is 1.63. The van der Waals surface area contributed by atoms with Crippen molar-refractivity contribution in [2.75, 3.05) is 17.7 Å². The van der Waals surface area contributed by atoms with Crippen LogP contribution in [0.3, 0.4) is 0 Å². The van der Waals surface area contributed by atoms with Crippen LogP contribution in [-0.4, -0.2) is 34.6 Å². The lowest BCUT2D eigenvalue weighted by atomic mass is 9.60. The molecule has 1 aliphatic carbocycles. The van der Waals surface area contributed by atoms with Gasteiger partial charge in [-0.15, -0.1) is 0 Å². The summed E-state index contributed by atoms with van der Waals surface area (Å²) in [5.41, 5.74) is 11.0. The van der Waals surface area contributed by atoms with Gasteiger partial charge in [-0.3, -0.25) is 19.4 Å². The first-order valence-corrected chi connectivity index (χ1v) is 12.9. The van der Waals surface area contributed by atoms with E-state index < -0.39 is 23.7 Å². The molecule has 3 N–H and O–H groups in total. The number of rotatable bonds is 8. The van der Waals surface area contributed by atoms with Gasteiger partial charge in [-0.25, -0.2) is 4.98 Å². The predicted molar refractivity (Wildman–Crippen MR) is 147 cm³/mol. The van der Waals surface area contributed by atoms with Crippen LogP contribution in [-0.2, 0) is 20.8 Å². The SMILES string of the molecule is CCC(NC(=O)C1C(=O)[C@H](Cc2ccnc(N)c2)[C@H]1C(=O)N(C)c1cc(C)nc(C)c1)c1cccc(C)c1. The Morgan fingerprint density at radius 2 is 1.79 bits per heavy atom. The number of pyridine rings is 2. The molecule has 2 unspecified atom stereocenters. The number of ketones is 1. The number of amides is 2. The molecule has 0 saturated heterocycles. The molecule has 198 valence electrons. The monoisotopic (exact) mass is 513 g/mol. The molecule has 38 heavy (non-hydrogen) atoms. The Labute approximate surface area is 223 Å². The Bertz CT molecular complexity index is 1350. The van der Waals surface area contributed by atoms with Crippen molar-refractivity contribution in [3.8, 4) is 0 Å². The number of nitrogens with two attached hydrogens (primary N) is 1. The fourth-order valence-electron chi connectivity index (χ4n) is 5.33. The molecule has 1 fully saturated rings. The van der Waals surface area contributed by atoms with Crippen molar-refractivity contribution in [1.29, 1.82) is 0 Å². The third-order valence-electron chi connectivity index (χ3n) is 7.29. The second-order valence-corrected chi connectivity index (χ2v) is 10.2. The number of hydrogen-bond donors (Lipinski definition) is 2. The second-order valence-electron chi connectivity index (χ2n) is 10.2. The molecule has 3 aromatic rings. The smallest absolute Gasteiger partial charge is 0.231 e. The molecule has 0 radical (unpaired) electrons. The Hall–Kier alpha value is -4.07. The molecular weight excluding hydrogens is 478 g/mol. The van der Waals surface area contributed by atoms with E-state index in [1.54, 1.807) is 25.4 Å². The van der Waals surface area contributed by atoms with Crippen LogP contribution in [0.25, 0.3) is 0 Å². The van der Waals surface area contributed by atoms with Crippen LogP contribution in [0.15, 0.2) is 54.7 Å². The topological polar surface area (TPSA) is 118 Å². The van der Waals surface area contributed by atoms with E-state index in [1.807, 2.05) is 64.1 Å². The summed E-state index contributed by atoms with van der Waals surface area (Å²) in [7, 11) is 1.68. The molecule has 0 aliphatic heterocycles. The molecule has 1 aliphatic rings. The Kier molecular flexibility index (Phi) is 7.90. The lowest BCUT2D eigenvalue weighted by Crippen LogP contribution is -2.61. The van der Waals surface area contributed by atoms with E-state index in [1.165, 1.54) is 4.90 Å². The third kappa shape index (κ3) is 5.59. The predicted octanol–water partition coefficient (Wildman–Crippen LogP) is 3.89. The summed E-state index contributed by atoms with van der Waals surface area (Å²) < 4.78 is 0. The minimum atomic E-state index is -1.06. The maximum absolute atomic E-state index is 13.9. The molecule has 8 heteroatoms. The Morgan fingerprint density at radius 3 is 2.42 bits per heavy atom. The lowest BCUT2D eigenvalue weighted by Gasteiger charge is -2.43. The van der Waals surface area contributed by atoms with E-state index in [4.69, 9.17) is 5.73 Å². The molecule has 1 aromatic carbocycles. The number of nitrogen functional groups attached to an aromatic ring is 1. The van der Waals surface area contributed by atoms with Gasteiger partial charge < -0.3 is 16.0 Å². The number of aromatic nitrogens is 2. The molecule has 2 amide bonds. The highest BCUT2D eigenvalue weighted by atomic mass is 16.2. The largest absolute Gasteiger partial charge is 0.384 e. The zero-order valence-electron chi connectivity index (χ0n) is 22.6. The van der Waals surface area contributed by atoms with Crippen molar-refractivity contribution in [2.24, 2.45) is 17.8 Å². The number of nitrogens with zero attached hydrogens (tertiary/aromatic N) is 3. The highest BCUT2D eigenvalue weighted by Gasteiger charge is 2.57. The zero-order chi connectivity index (χ0) is 27.6. The van der Waals surface area contributed by atoms with Crippen LogP contribution in [0.1, 0.15) is 47.5 Å². The molecule has 8 nitrogen and oxygen atoms in total. The first-order valence-electron chi connectivity index (χ1n) is 12.9. The molecule has 0 bridgehead atoms. The number of benzene rings is 1. The van der Waals surface area contributed by atoms with Crippen LogP contribution >= 0.6 is 0 Å². The highest BCUT2D eigenvalue weighted by molar-refractivity contribution is 6.15. The number of hydrogen-bond acceptors (Lipinski definition) is 6. The molecule has 4 atom stereocenters. The first kappa shape index (κ1) is 27.0. The van der Waals surface area contributed by atoms with Gasteiger partial charge in [0.05, 0.1) is 12.0 Å². The van der Waals surface area contributed by atoms with E-state index in [2.05, 4.69) is 15.3 Å². The molecule has 2 aromatic heterocycles. The van der Waals surface area contributed by atoms with Crippen molar-refractivity contribution in [3.63, 3.8) is 0 Å². The summed E-state index contributed by atoms with van der Waals surface area (Å²) in [6.45, 7) is 7.71. The number of carbonyl (C=O) groups is 3. The van der Waals surface area contributed by atoms with Gasteiger partial charge in [-0.1, -0.05) is 36.8 Å². The summed E-state index contributed by atoms with van der Waals surface area (Å²) in [6.07, 6.45) is 2.55. The van der Waals surface area contributed by atoms with Gasteiger partial charge in [0.15, 0.2) is 0 Å². The van der Waals surface area contributed by atoms with E-state index in [0.717, 1.165) is 28.1 Å². The molecule has 1 saturated carbocycles. The summed E-state index contributed by atoms with van der Waals surface area (Å²) >= 11 is 0. The van der Waals surface area contributed by atoms with E-state index in [9.17, 15) is 14.4 Å². The molecule has 4 rings (SSSR count). The lowest BCUT2D eigenvalue weighted by molar-refractivity contribution is -0.158. The fraction of sp³-hybridized carbons (Fsp3) is 0.367. The van der Waals surface area contributed by atoms with E-state index >= 15 is 0 Å². The summed E-state index contributed by atoms with van der Waals surface area (Å²) in [4.78, 5) is 50.8. The summed E-state index contributed by atoms with van der Waals surface area (Å²) in [5, 5.41) is 3.05. The van der Waals surface area contributed by atoms with Gasteiger partial charge in [0.2, 0.25) is 11.8 Å². The third-order valence-corrected chi connectivity index (χ3v) is 7.29. The maximum Gasteiger partial charge on any atom is 0.231 e. The Morgan fingerprint density at radius 1 is 1.08 bits per heavy atom. The van der Waals surface area contributed by atoms with Crippen molar-refractivity contribution in [3.05, 3.63) is 82.8 Å². The molecule has 0 spiro atoms. The van der Waals surface area contributed by atoms with Crippen molar-refractivity contribution in [2.45, 2.75) is 46.6 Å². The van der Waals surface area contributed by atoms with Crippen molar-refractivity contribution >= 4 is 29.1 Å². The van der Waals surface area contributed by atoms with Gasteiger partial charge in [-0.05, 0) is 69.0 Å². The van der Waals surface area contributed by atoms with Crippen LogP contribution < -0.4 is 16.0 Å². The highest BCUT2D eigenvalue weighted by Crippen LogP contribution is 2.42. The van der Waals surface area contributed by atoms with Gasteiger partial charge in [-0.2, -0.15) is 0 Å². The minimum Gasteiger partial charge on any atom is -0.384 e. The normalized spacial score (nSPS) is 19.4. The van der Waals surface area contributed by atoms with Crippen LogP contribution in [0.4, 0.5) is 11.5 Å². The van der Waals surface area contributed by atoms with Crippen LogP contribution in [0.5, 0.6) is 0 Å². The summed E-state index contributed by atoms with van der Waals surface area (Å²) in [5.74, 6) is -3.07. The standard InChI is InChI=1S/C30H35N5O3/c1-6-24(21-9-7-8-17(2)12-21)34-29(37)27-26(23(28(27)36)15-20-10-11-32-25(31)16-20)30(38)35(5)22-13-18(3)33-19(4)14-22/h7-14,16,23-24,26-27H,6,15H2,1-5H3,(H2,31,32)(H,34,37)/t23-,24?,26-,27?/m1/s1. The molecular formula is C30H35N5O3. The van der Waals surface area contributed by atoms with E-state index in [-0.39, 0.29) is 17.7 Å². The average Bonchev–Trinajstić information content (AvgIpc) is 2.87. The van der Waals surface area contributed by atoms with Gasteiger partial charge in [0.25, 0.3) is 0 Å². The van der Waals surface area contributed by atoms with Crippen LogP contribution in [0, 0.1) is 38.5 Å². The zero-order valence-corrected chi connectivity index (χ0v) is 22.6. The number of anilines is 2. The first-order chi connectivity index (χ1) is 18.1. The number of aryl methyl sites for hydroxylation is 3. The number of Topliss-reactive ketones (excluding diaryl/α,β-unsaturated/α-hetero) is 1. The van der Waals surface area contributed by atoms with Gasteiger partial charge in [0, 0.05) is 36.2 Å². The van der Waals surface area contributed by atoms with E-state index in [0.29, 0.717) is 24.3 Å².